The Hall–Kier alpha value is 0.227. The van der Waals surface area contributed by atoms with Crippen molar-refractivity contribution in [2.75, 3.05) is 6.61 Å². The van der Waals surface area contributed by atoms with Crippen molar-refractivity contribution in [3.8, 4) is 0 Å². The van der Waals surface area contributed by atoms with E-state index in [-0.39, 0.29) is 31.3 Å². The molecule has 0 aliphatic carbocycles. The summed E-state index contributed by atoms with van der Waals surface area (Å²) >= 11 is 0. The van der Waals surface area contributed by atoms with Crippen molar-refractivity contribution >= 4 is 24.6 Å². The predicted octanol–water partition coefficient (Wildman–Crippen LogP) is -0.691. The van der Waals surface area contributed by atoms with Gasteiger partial charge in [-0.3, -0.25) is 4.79 Å². The van der Waals surface area contributed by atoms with Crippen LogP contribution in [0.1, 0.15) is 13.3 Å². The molecule has 38 valence electrons. The van der Waals surface area contributed by atoms with Crippen molar-refractivity contribution in [2.45, 2.75) is 13.3 Å². The molecule has 0 aliphatic rings. The first-order chi connectivity index (χ1) is 2.77. The molecule has 0 unspecified atom stereocenters. The molecule has 0 aromatic heterocycles. The van der Waals surface area contributed by atoms with Gasteiger partial charge in [0.05, 0.1) is 0 Å². The molecule has 0 aromatic carbocycles. The number of aliphatic hydroxyl groups is 1. The quantitative estimate of drug-likeness (QED) is 0.462. The molecule has 7 heavy (non-hydrogen) atoms. The zero-order valence-corrected chi connectivity index (χ0v) is 3.77. The summed E-state index contributed by atoms with van der Waals surface area (Å²) in [5, 5.41) is 8.02. The van der Waals surface area contributed by atoms with Crippen LogP contribution in [0.4, 0.5) is 0 Å². The molecule has 0 atom stereocenters. The molecule has 1 N–H and O–H groups in total. The number of hydrogen-bond acceptors (Lipinski definition) is 2. The first kappa shape index (κ1) is 10.3. The van der Waals surface area contributed by atoms with Crippen LogP contribution in [0.2, 0.25) is 0 Å². The summed E-state index contributed by atoms with van der Waals surface area (Å²) in [6.45, 7) is 1.44. The number of rotatable bonds is 2. The molecule has 0 saturated carbocycles. The average molecular weight is 96.1 g/mol. The molecule has 2 nitrogen and oxygen atoms in total. The van der Waals surface area contributed by atoms with E-state index in [9.17, 15) is 4.79 Å². The minimum absolute atomic E-state index is 0. The van der Waals surface area contributed by atoms with Gasteiger partial charge in [-0.15, -0.1) is 0 Å². The predicted molar refractivity (Wildman–Crippen MR) is 29.5 cm³/mol. The summed E-state index contributed by atoms with van der Waals surface area (Å²) in [5.41, 5.74) is 0. The molecule has 0 aromatic rings. The van der Waals surface area contributed by atoms with Crippen LogP contribution in [0.15, 0.2) is 0 Å². The van der Waals surface area contributed by atoms with Gasteiger partial charge in [0, 0.05) is 13.0 Å². The molecule has 0 rings (SSSR count). The summed E-state index contributed by atoms with van der Waals surface area (Å²) in [7, 11) is 0. The molecule has 0 bridgehead atoms. The normalized spacial score (nSPS) is 7.14. The fraction of sp³-hybridized carbons (Fsp3) is 0.750. The SMILES string of the molecule is CC(=O)CCO.[LiH]. The molecule has 0 spiro atoms. The van der Waals surface area contributed by atoms with E-state index in [1.165, 1.54) is 6.92 Å². The number of aliphatic hydroxyl groups excluding tert-OH is 1. The van der Waals surface area contributed by atoms with E-state index < -0.39 is 0 Å². The fourth-order valence-electron chi connectivity index (χ4n) is 0.157. The molecular weight excluding hydrogens is 87.0 g/mol. The Morgan fingerprint density at radius 2 is 2.14 bits per heavy atom. The first-order valence-corrected chi connectivity index (χ1v) is 1.87. The zero-order chi connectivity index (χ0) is 4.99. The Balaban J connectivity index is 0. The molecule has 0 radical (unpaired) electrons. The van der Waals surface area contributed by atoms with Gasteiger partial charge in [-0.05, 0) is 6.92 Å². The standard InChI is InChI=1S/C4H8O2.Li.H/c1-4(6)2-3-5;;/h5H,2-3H2,1H3;;. The second-order valence-corrected chi connectivity index (χ2v) is 1.18. The van der Waals surface area contributed by atoms with Crippen molar-refractivity contribution in [3.05, 3.63) is 0 Å². The minimum atomic E-state index is -0.0185. The van der Waals surface area contributed by atoms with Gasteiger partial charge in [0.15, 0.2) is 0 Å². The average Bonchev–Trinajstić information content (AvgIpc) is 1.35. The van der Waals surface area contributed by atoms with Crippen LogP contribution in [-0.2, 0) is 4.79 Å². The molecule has 0 amide bonds. The van der Waals surface area contributed by atoms with Crippen molar-refractivity contribution in [1.82, 2.24) is 0 Å². The Morgan fingerprint density at radius 3 is 2.14 bits per heavy atom. The fourth-order valence-corrected chi connectivity index (χ4v) is 0.157. The van der Waals surface area contributed by atoms with Crippen LogP contribution in [0, 0.1) is 0 Å². The maximum atomic E-state index is 9.88. The number of carbonyl (C=O) groups excluding carboxylic acids is 1. The van der Waals surface area contributed by atoms with Gasteiger partial charge in [-0.25, -0.2) is 0 Å². The molecule has 3 heteroatoms. The van der Waals surface area contributed by atoms with Gasteiger partial charge in [0.25, 0.3) is 0 Å². The maximum absolute atomic E-state index is 9.88. The molecule has 0 saturated heterocycles. The molecule has 0 fully saturated rings. The molecule has 0 aliphatic heterocycles. The van der Waals surface area contributed by atoms with E-state index in [0.717, 1.165) is 0 Å². The third kappa shape index (κ3) is 10.7. The van der Waals surface area contributed by atoms with Crippen LogP contribution >= 0.6 is 0 Å². The second kappa shape index (κ2) is 6.23. The number of hydrogen-bond donors (Lipinski definition) is 1. The van der Waals surface area contributed by atoms with Crippen molar-refractivity contribution < 1.29 is 9.90 Å². The number of carbonyl (C=O) groups is 1. The second-order valence-electron chi connectivity index (χ2n) is 1.18. The van der Waals surface area contributed by atoms with E-state index in [0.29, 0.717) is 6.42 Å². The van der Waals surface area contributed by atoms with Crippen molar-refractivity contribution in [2.24, 2.45) is 0 Å². The number of ketones is 1. The van der Waals surface area contributed by atoms with E-state index in [1.54, 1.807) is 0 Å². The van der Waals surface area contributed by atoms with Crippen LogP contribution < -0.4 is 0 Å². The molecular formula is C4H9LiO2. The van der Waals surface area contributed by atoms with Crippen LogP contribution in [0.25, 0.3) is 0 Å². The Labute approximate surface area is 55.1 Å². The third-order valence-electron chi connectivity index (χ3n) is 0.464. The van der Waals surface area contributed by atoms with Gasteiger partial charge >= 0.3 is 18.9 Å². The van der Waals surface area contributed by atoms with Gasteiger partial charge in [-0.2, -0.15) is 0 Å². The Morgan fingerprint density at radius 1 is 1.71 bits per heavy atom. The van der Waals surface area contributed by atoms with E-state index >= 15 is 0 Å². The van der Waals surface area contributed by atoms with E-state index in [4.69, 9.17) is 5.11 Å². The summed E-state index contributed by atoms with van der Waals surface area (Å²) in [5.74, 6) is 0.0394. The van der Waals surface area contributed by atoms with E-state index in [2.05, 4.69) is 0 Å². The Kier molecular flexibility index (Phi) is 9.13. The van der Waals surface area contributed by atoms with E-state index in [1.807, 2.05) is 0 Å². The third-order valence-corrected chi connectivity index (χ3v) is 0.464. The van der Waals surface area contributed by atoms with Crippen LogP contribution in [0.3, 0.4) is 0 Å². The summed E-state index contributed by atoms with van der Waals surface area (Å²) in [6, 6.07) is 0. The Bertz CT molecular complexity index is 53.7. The monoisotopic (exact) mass is 96.1 g/mol. The van der Waals surface area contributed by atoms with Crippen LogP contribution in [0.5, 0.6) is 0 Å². The van der Waals surface area contributed by atoms with Gasteiger partial charge in [0.2, 0.25) is 0 Å². The van der Waals surface area contributed by atoms with Crippen LogP contribution in [-0.4, -0.2) is 36.4 Å². The van der Waals surface area contributed by atoms with Gasteiger partial charge in [0.1, 0.15) is 5.78 Å². The summed E-state index contributed by atoms with van der Waals surface area (Å²) in [6.07, 6.45) is 0.292. The van der Waals surface area contributed by atoms with Crippen molar-refractivity contribution in [3.63, 3.8) is 0 Å². The first-order valence-electron chi connectivity index (χ1n) is 1.87. The number of Topliss-reactive ketones (excluding diaryl/α,β-unsaturated/α-hetero) is 1. The summed E-state index contributed by atoms with van der Waals surface area (Å²) < 4.78 is 0. The zero-order valence-electron chi connectivity index (χ0n) is 3.77. The van der Waals surface area contributed by atoms with Gasteiger partial charge < -0.3 is 5.11 Å². The van der Waals surface area contributed by atoms with Crippen molar-refractivity contribution in [1.29, 1.82) is 0 Å². The topological polar surface area (TPSA) is 37.3 Å². The van der Waals surface area contributed by atoms with Gasteiger partial charge in [-0.1, -0.05) is 0 Å². The molecule has 0 heterocycles. The summed E-state index contributed by atoms with van der Waals surface area (Å²) in [4.78, 5) is 9.88.